The Kier molecular flexibility index (Phi) is 4.21. The third-order valence-electron chi connectivity index (χ3n) is 4.19. The van der Waals surface area contributed by atoms with E-state index in [9.17, 15) is 4.39 Å². The van der Waals surface area contributed by atoms with Gasteiger partial charge in [-0.15, -0.1) is 0 Å². The first kappa shape index (κ1) is 16.7. The van der Waals surface area contributed by atoms with Crippen LogP contribution in [0.4, 0.5) is 4.39 Å². The van der Waals surface area contributed by atoms with Crippen LogP contribution >= 0.6 is 0 Å². The van der Waals surface area contributed by atoms with Crippen LogP contribution in [0.2, 0.25) is 0 Å². The normalized spacial score (nSPS) is 17.3. The van der Waals surface area contributed by atoms with Crippen molar-refractivity contribution in [2.45, 2.75) is 47.5 Å². The smallest absolute Gasteiger partial charge is 0.123 e. The number of benzene rings is 1. The van der Waals surface area contributed by atoms with Crippen molar-refractivity contribution in [3.05, 3.63) is 71.1 Å². The van der Waals surface area contributed by atoms with Crippen molar-refractivity contribution in [1.82, 2.24) is 0 Å². The molecule has 1 aromatic rings. The van der Waals surface area contributed by atoms with Gasteiger partial charge in [0.2, 0.25) is 0 Å². The lowest BCUT2D eigenvalue weighted by atomic mass is 9.68. The predicted octanol–water partition coefficient (Wildman–Crippen LogP) is 6.42. The van der Waals surface area contributed by atoms with Crippen LogP contribution in [0.15, 0.2) is 59.7 Å². The average molecular weight is 298 g/mol. The van der Waals surface area contributed by atoms with Crippen LogP contribution < -0.4 is 0 Å². The first-order valence-electron chi connectivity index (χ1n) is 7.90. The Morgan fingerprint density at radius 1 is 0.909 bits per heavy atom. The molecule has 0 amide bonds. The van der Waals surface area contributed by atoms with Gasteiger partial charge in [0.15, 0.2) is 0 Å². The average Bonchev–Trinajstić information content (AvgIpc) is 2.36. The Balaban J connectivity index is 2.58. The van der Waals surface area contributed by atoms with Crippen molar-refractivity contribution in [2.75, 3.05) is 0 Å². The quantitative estimate of drug-likeness (QED) is 0.561. The summed E-state index contributed by atoms with van der Waals surface area (Å²) in [4.78, 5) is 0. The fourth-order valence-corrected chi connectivity index (χ4v) is 3.07. The Morgan fingerprint density at radius 3 is 1.82 bits per heavy atom. The number of hydrogen-bond donors (Lipinski definition) is 0. The first-order valence-corrected chi connectivity index (χ1v) is 7.90. The monoisotopic (exact) mass is 298 g/mol. The van der Waals surface area contributed by atoms with E-state index in [-0.39, 0.29) is 22.6 Å². The molecule has 1 aliphatic carbocycles. The van der Waals surface area contributed by atoms with Crippen LogP contribution in [0.1, 0.15) is 53.0 Å². The molecule has 1 heteroatoms. The molecule has 1 aliphatic rings. The summed E-state index contributed by atoms with van der Waals surface area (Å²) in [5.74, 6) is -0.0806. The summed E-state index contributed by atoms with van der Waals surface area (Å²) in [6.45, 7) is 17.6. The second-order valence-corrected chi connectivity index (χ2v) is 8.22. The van der Waals surface area contributed by atoms with E-state index < -0.39 is 0 Å². The molecule has 22 heavy (non-hydrogen) atoms. The van der Waals surface area contributed by atoms with Gasteiger partial charge in [-0.25, -0.2) is 4.39 Å². The molecule has 2 rings (SSSR count). The Morgan fingerprint density at radius 2 is 1.41 bits per heavy atom. The summed E-state index contributed by atoms with van der Waals surface area (Å²) in [5, 5.41) is 0. The lowest BCUT2D eigenvalue weighted by molar-refractivity contribution is 0.475. The topological polar surface area (TPSA) is 0 Å². The lowest BCUT2D eigenvalue weighted by Gasteiger charge is -2.36. The molecule has 0 saturated carbocycles. The predicted molar refractivity (Wildman–Crippen MR) is 93.4 cm³/mol. The molecular formula is C21H27F. The van der Waals surface area contributed by atoms with Crippen LogP contribution in [0.25, 0.3) is 0 Å². The van der Waals surface area contributed by atoms with Gasteiger partial charge in [0, 0.05) is 5.92 Å². The molecule has 118 valence electrons. The fourth-order valence-electron chi connectivity index (χ4n) is 3.07. The highest BCUT2D eigenvalue weighted by atomic mass is 19.1. The zero-order chi connectivity index (χ0) is 16.7. The van der Waals surface area contributed by atoms with Gasteiger partial charge < -0.3 is 0 Å². The van der Waals surface area contributed by atoms with Gasteiger partial charge >= 0.3 is 0 Å². The number of halogens is 1. The van der Waals surface area contributed by atoms with E-state index in [1.165, 1.54) is 17.2 Å². The van der Waals surface area contributed by atoms with Crippen LogP contribution in [-0.4, -0.2) is 0 Å². The van der Waals surface area contributed by atoms with Crippen LogP contribution in [-0.2, 0) is 0 Å². The summed E-state index contributed by atoms with van der Waals surface area (Å²) in [6, 6.07) is 6.90. The molecule has 0 unspecified atom stereocenters. The Hall–Kier alpha value is -1.63. The van der Waals surface area contributed by atoms with E-state index in [1.54, 1.807) is 12.1 Å². The molecule has 0 aromatic heterocycles. The van der Waals surface area contributed by atoms with Crippen LogP contribution in [0.5, 0.6) is 0 Å². The zero-order valence-electron chi connectivity index (χ0n) is 14.6. The summed E-state index contributed by atoms with van der Waals surface area (Å²) in [7, 11) is 0. The molecule has 0 spiro atoms. The fraction of sp³-hybridized carbons (Fsp3) is 0.429. The maximum atomic E-state index is 13.6. The van der Waals surface area contributed by atoms with Crippen molar-refractivity contribution in [3.63, 3.8) is 0 Å². The van der Waals surface area contributed by atoms with Crippen molar-refractivity contribution in [2.24, 2.45) is 10.8 Å². The van der Waals surface area contributed by atoms with Crippen molar-refractivity contribution >= 4 is 0 Å². The largest absolute Gasteiger partial charge is 0.207 e. The summed E-state index contributed by atoms with van der Waals surface area (Å²) in [5.41, 5.74) is 4.67. The minimum absolute atomic E-state index is 0.0212. The van der Waals surface area contributed by atoms with Crippen molar-refractivity contribution < 1.29 is 4.39 Å². The summed E-state index contributed by atoms with van der Waals surface area (Å²) < 4.78 is 13.6. The highest BCUT2D eigenvalue weighted by molar-refractivity contribution is 5.56. The first-order chi connectivity index (χ1) is 10.00. The molecule has 0 nitrogen and oxygen atoms in total. The molecule has 0 heterocycles. The standard InChI is InChI=1S/C21H27F/c1-14-18(20(2,3)4)12-16(13-19(14)21(5,6)7)15-9-8-10-17(22)11-15/h8-13,16H,1H2,2-7H3. The molecule has 0 aliphatic heterocycles. The highest BCUT2D eigenvalue weighted by Gasteiger charge is 2.31. The van der Waals surface area contributed by atoms with E-state index >= 15 is 0 Å². The van der Waals surface area contributed by atoms with Crippen molar-refractivity contribution in [3.8, 4) is 0 Å². The molecule has 0 saturated heterocycles. The summed E-state index contributed by atoms with van der Waals surface area (Å²) >= 11 is 0. The zero-order valence-corrected chi connectivity index (χ0v) is 14.6. The number of allylic oxidation sites excluding steroid dienone is 5. The maximum absolute atomic E-state index is 13.6. The van der Waals surface area contributed by atoms with Gasteiger partial charge in [-0.2, -0.15) is 0 Å². The minimum atomic E-state index is -0.182. The van der Waals surface area contributed by atoms with Gasteiger partial charge in [0.25, 0.3) is 0 Å². The molecule has 1 aromatic carbocycles. The van der Waals surface area contributed by atoms with E-state index in [2.05, 4.69) is 60.3 Å². The molecule has 0 atom stereocenters. The van der Waals surface area contributed by atoms with Crippen LogP contribution in [0.3, 0.4) is 0 Å². The highest BCUT2D eigenvalue weighted by Crippen LogP contribution is 2.46. The van der Waals surface area contributed by atoms with Gasteiger partial charge in [0.05, 0.1) is 0 Å². The molecule has 0 radical (unpaired) electrons. The molecular weight excluding hydrogens is 271 g/mol. The minimum Gasteiger partial charge on any atom is -0.207 e. The number of rotatable bonds is 1. The SMILES string of the molecule is C=C1C(C(C)(C)C)=CC(c2cccc(F)c2)C=C1C(C)(C)C. The third-order valence-corrected chi connectivity index (χ3v) is 4.19. The van der Waals surface area contributed by atoms with Crippen molar-refractivity contribution in [1.29, 1.82) is 0 Å². The van der Waals surface area contributed by atoms with Gasteiger partial charge in [-0.3, -0.25) is 0 Å². The number of hydrogen-bond acceptors (Lipinski definition) is 0. The van der Waals surface area contributed by atoms with E-state index in [0.717, 1.165) is 11.1 Å². The third kappa shape index (κ3) is 3.40. The molecule has 0 fully saturated rings. The van der Waals surface area contributed by atoms with E-state index in [4.69, 9.17) is 0 Å². The second kappa shape index (κ2) is 5.53. The van der Waals surface area contributed by atoms with Gasteiger partial charge in [-0.1, -0.05) is 72.4 Å². The van der Waals surface area contributed by atoms with E-state index in [0.29, 0.717) is 0 Å². The lowest BCUT2D eigenvalue weighted by Crippen LogP contribution is -2.22. The second-order valence-electron chi connectivity index (χ2n) is 8.22. The molecule has 0 N–H and O–H groups in total. The molecule has 0 bridgehead atoms. The van der Waals surface area contributed by atoms with Gasteiger partial charge in [-0.05, 0) is 45.2 Å². The maximum Gasteiger partial charge on any atom is 0.123 e. The van der Waals surface area contributed by atoms with Crippen LogP contribution in [0, 0.1) is 16.6 Å². The van der Waals surface area contributed by atoms with Gasteiger partial charge in [0.1, 0.15) is 5.82 Å². The Labute approximate surface area is 134 Å². The summed E-state index contributed by atoms with van der Waals surface area (Å²) in [6.07, 6.45) is 4.48. The van der Waals surface area contributed by atoms with E-state index in [1.807, 2.05) is 6.07 Å². The Bertz CT molecular complexity index is 611.